The van der Waals surface area contributed by atoms with Crippen molar-refractivity contribution in [2.45, 2.75) is 56.6 Å². The first-order valence-electron chi connectivity index (χ1n) is 6.98. The molecule has 2 aliphatic carbocycles. The van der Waals surface area contributed by atoms with Crippen LogP contribution in [0.3, 0.4) is 0 Å². The van der Waals surface area contributed by atoms with Gasteiger partial charge in [-0.25, -0.2) is 0 Å². The van der Waals surface area contributed by atoms with Gasteiger partial charge < -0.3 is 0 Å². The van der Waals surface area contributed by atoms with Crippen LogP contribution in [0.15, 0.2) is 24.3 Å². The first-order valence-corrected chi connectivity index (χ1v) is 7.36. The van der Waals surface area contributed by atoms with E-state index in [0.29, 0.717) is 18.1 Å². The average Bonchev–Trinajstić information content (AvgIpc) is 2.82. The zero-order chi connectivity index (χ0) is 12.4. The number of halogens is 1. The van der Waals surface area contributed by atoms with E-state index in [-0.39, 0.29) is 0 Å². The van der Waals surface area contributed by atoms with Gasteiger partial charge in [-0.2, -0.15) is 5.48 Å². The van der Waals surface area contributed by atoms with Crippen LogP contribution in [0.2, 0.25) is 5.02 Å². The molecular formula is C15H20ClNO. The van der Waals surface area contributed by atoms with E-state index in [9.17, 15) is 0 Å². The van der Waals surface area contributed by atoms with Crippen molar-refractivity contribution < 1.29 is 4.84 Å². The molecule has 0 amide bonds. The topological polar surface area (TPSA) is 21.3 Å². The van der Waals surface area contributed by atoms with Crippen LogP contribution < -0.4 is 5.48 Å². The molecule has 2 saturated carbocycles. The van der Waals surface area contributed by atoms with Crippen LogP contribution in [0.4, 0.5) is 0 Å². The van der Waals surface area contributed by atoms with E-state index in [1.807, 2.05) is 12.1 Å². The van der Waals surface area contributed by atoms with E-state index in [2.05, 4.69) is 17.6 Å². The fourth-order valence-corrected chi connectivity index (χ4v) is 3.26. The molecular weight excluding hydrogens is 246 g/mol. The Balaban J connectivity index is 1.44. The summed E-state index contributed by atoms with van der Waals surface area (Å²) in [6.07, 6.45) is 7.79. The lowest BCUT2D eigenvalue weighted by atomic mass is 9.76. The molecule has 18 heavy (non-hydrogen) atoms. The summed E-state index contributed by atoms with van der Waals surface area (Å²) in [5.41, 5.74) is 4.53. The molecule has 0 radical (unpaired) electrons. The summed E-state index contributed by atoms with van der Waals surface area (Å²) in [6, 6.07) is 8.68. The van der Waals surface area contributed by atoms with Crippen molar-refractivity contribution >= 4 is 11.6 Å². The number of nitrogens with one attached hydrogen (secondary N) is 1. The standard InChI is InChI=1S/C15H20ClNO/c16-15-8-4-3-7-14(15)11-9-12(10-11)17-18-13-5-1-2-6-13/h3-4,7-8,11-13,17H,1-2,5-6,9-10H2. The van der Waals surface area contributed by atoms with Gasteiger partial charge in [-0.3, -0.25) is 4.84 Å². The zero-order valence-electron chi connectivity index (χ0n) is 10.6. The predicted molar refractivity (Wildman–Crippen MR) is 73.7 cm³/mol. The van der Waals surface area contributed by atoms with E-state index in [0.717, 1.165) is 17.9 Å². The van der Waals surface area contributed by atoms with Gasteiger partial charge >= 0.3 is 0 Å². The molecule has 0 saturated heterocycles. The first kappa shape index (κ1) is 12.5. The molecule has 0 aliphatic heterocycles. The van der Waals surface area contributed by atoms with Gasteiger partial charge in [-0.15, -0.1) is 0 Å². The van der Waals surface area contributed by atoms with Crippen LogP contribution in [0, 0.1) is 0 Å². The van der Waals surface area contributed by atoms with Gasteiger partial charge in [0.15, 0.2) is 0 Å². The minimum Gasteiger partial charge on any atom is -0.298 e. The summed E-state index contributed by atoms with van der Waals surface area (Å²) in [5.74, 6) is 0.600. The summed E-state index contributed by atoms with van der Waals surface area (Å²) >= 11 is 6.21. The Morgan fingerprint density at radius 2 is 1.83 bits per heavy atom. The van der Waals surface area contributed by atoms with Gasteiger partial charge in [0, 0.05) is 11.1 Å². The first-order chi connectivity index (χ1) is 8.83. The molecule has 0 aromatic heterocycles. The quantitative estimate of drug-likeness (QED) is 0.830. The normalized spacial score (nSPS) is 28.3. The molecule has 1 aromatic carbocycles. The molecule has 3 rings (SSSR count). The van der Waals surface area contributed by atoms with Crippen molar-refractivity contribution in [3.05, 3.63) is 34.9 Å². The largest absolute Gasteiger partial charge is 0.298 e. The smallest absolute Gasteiger partial charge is 0.0790 e. The summed E-state index contributed by atoms with van der Waals surface area (Å²) in [5, 5.41) is 0.901. The number of rotatable bonds is 4. The van der Waals surface area contributed by atoms with E-state index < -0.39 is 0 Å². The van der Waals surface area contributed by atoms with Gasteiger partial charge in [-0.1, -0.05) is 42.6 Å². The highest BCUT2D eigenvalue weighted by Crippen LogP contribution is 2.40. The van der Waals surface area contributed by atoms with Crippen LogP contribution in [0.5, 0.6) is 0 Å². The van der Waals surface area contributed by atoms with Gasteiger partial charge in [-0.05, 0) is 43.2 Å². The summed E-state index contributed by atoms with van der Waals surface area (Å²) in [7, 11) is 0. The fraction of sp³-hybridized carbons (Fsp3) is 0.600. The highest BCUT2D eigenvalue weighted by Gasteiger charge is 2.32. The molecule has 0 heterocycles. The third-order valence-electron chi connectivity index (χ3n) is 4.19. The van der Waals surface area contributed by atoms with Crippen LogP contribution in [0.1, 0.15) is 50.0 Å². The van der Waals surface area contributed by atoms with Gasteiger partial charge in [0.25, 0.3) is 0 Å². The zero-order valence-corrected chi connectivity index (χ0v) is 11.3. The maximum Gasteiger partial charge on any atom is 0.0790 e. The van der Waals surface area contributed by atoms with E-state index in [1.54, 1.807) is 0 Å². The summed E-state index contributed by atoms with van der Waals surface area (Å²) in [4.78, 5) is 5.74. The van der Waals surface area contributed by atoms with Crippen LogP contribution in [-0.4, -0.2) is 12.1 Å². The van der Waals surface area contributed by atoms with Gasteiger partial charge in [0.05, 0.1) is 6.10 Å². The van der Waals surface area contributed by atoms with Crippen molar-refractivity contribution in [2.24, 2.45) is 0 Å². The highest BCUT2D eigenvalue weighted by molar-refractivity contribution is 6.31. The Kier molecular flexibility index (Phi) is 3.88. The van der Waals surface area contributed by atoms with Crippen molar-refractivity contribution in [3.8, 4) is 0 Å². The van der Waals surface area contributed by atoms with E-state index in [1.165, 1.54) is 31.2 Å². The Bertz CT molecular complexity index is 397. The summed E-state index contributed by atoms with van der Waals surface area (Å²) in [6.45, 7) is 0. The molecule has 0 spiro atoms. The maximum atomic E-state index is 6.21. The SMILES string of the molecule is Clc1ccccc1C1CC(NOC2CCCC2)C1. The molecule has 2 nitrogen and oxygen atoms in total. The minimum atomic E-state index is 0.448. The Morgan fingerprint density at radius 1 is 1.11 bits per heavy atom. The van der Waals surface area contributed by atoms with Crippen LogP contribution in [0.25, 0.3) is 0 Å². The number of hydroxylamine groups is 1. The second-order valence-corrected chi connectivity index (χ2v) is 5.94. The summed E-state index contributed by atoms with van der Waals surface area (Å²) < 4.78 is 0. The lowest BCUT2D eigenvalue weighted by Crippen LogP contribution is -2.41. The number of benzene rings is 1. The Hall–Kier alpha value is -0.570. The number of hydrogen-bond donors (Lipinski definition) is 1. The van der Waals surface area contributed by atoms with Crippen molar-refractivity contribution in [2.75, 3.05) is 0 Å². The average molecular weight is 266 g/mol. The third-order valence-corrected chi connectivity index (χ3v) is 4.53. The number of hydrogen-bond acceptors (Lipinski definition) is 2. The third kappa shape index (κ3) is 2.71. The lowest BCUT2D eigenvalue weighted by molar-refractivity contribution is -0.0575. The molecule has 0 atom stereocenters. The molecule has 0 unspecified atom stereocenters. The minimum absolute atomic E-state index is 0.448. The van der Waals surface area contributed by atoms with E-state index >= 15 is 0 Å². The molecule has 1 aromatic rings. The van der Waals surface area contributed by atoms with E-state index in [4.69, 9.17) is 16.4 Å². The van der Waals surface area contributed by atoms with Crippen LogP contribution >= 0.6 is 11.6 Å². The lowest BCUT2D eigenvalue weighted by Gasteiger charge is -2.36. The Morgan fingerprint density at radius 3 is 2.56 bits per heavy atom. The maximum absolute atomic E-state index is 6.21. The van der Waals surface area contributed by atoms with Crippen LogP contribution in [-0.2, 0) is 4.84 Å². The molecule has 3 heteroatoms. The second kappa shape index (κ2) is 5.60. The van der Waals surface area contributed by atoms with Crippen molar-refractivity contribution in [1.29, 1.82) is 0 Å². The molecule has 0 bridgehead atoms. The molecule has 2 aliphatic rings. The molecule has 98 valence electrons. The molecule has 2 fully saturated rings. The highest BCUT2D eigenvalue weighted by atomic mass is 35.5. The van der Waals surface area contributed by atoms with Gasteiger partial charge in [0.1, 0.15) is 0 Å². The Labute approximate surface area is 114 Å². The fourth-order valence-electron chi connectivity index (χ4n) is 2.97. The van der Waals surface area contributed by atoms with Crippen molar-refractivity contribution in [1.82, 2.24) is 5.48 Å². The monoisotopic (exact) mass is 265 g/mol. The molecule has 1 N–H and O–H groups in total. The second-order valence-electron chi connectivity index (χ2n) is 5.53. The predicted octanol–water partition coefficient (Wildman–Crippen LogP) is 4.05. The van der Waals surface area contributed by atoms with Gasteiger partial charge in [0.2, 0.25) is 0 Å². The van der Waals surface area contributed by atoms with Crippen molar-refractivity contribution in [3.63, 3.8) is 0 Å².